The maximum atomic E-state index is 12.4. The summed E-state index contributed by atoms with van der Waals surface area (Å²) in [7, 11) is 5.86. The molecule has 0 bridgehead atoms. The molecule has 31 heavy (non-hydrogen) atoms. The SMILES string of the molecule is CC(=O)Nc1cccc(NC(=O)C(=O)NCC(c2cn(C)c3ccccc23)N(C)C)c1. The number of aromatic nitrogens is 1. The molecular weight excluding hydrogens is 394 g/mol. The van der Waals surface area contributed by atoms with E-state index < -0.39 is 11.8 Å². The lowest BCUT2D eigenvalue weighted by molar-refractivity contribution is -0.136. The third-order valence-corrected chi connectivity index (χ3v) is 5.01. The van der Waals surface area contributed by atoms with Crippen LogP contribution < -0.4 is 16.0 Å². The Hall–Kier alpha value is -3.65. The fourth-order valence-electron chi connectivity index (χ4n) is 3.54. The molecule has 8 heteroatoms. The van der Waals surface area contributed by atoms with E-state index in [2.05, 4.69) is 32.8 Å². The molecule has 3 N–H and O–H groups in total. The topological polar surface area (TPSA) is 95.5 Å². The molecule has 1 atom stereocenters. The standard InChI is InChI=1S/C23H27N5O3/c1-15(29)25-16-8-7-9-17(12-16)26-23(31)22(30)24-13-21(27(2)3)19-14-28(4)20-11-6-5-10-18(19)20/h5-12,14,21H,13H2,1-4H3,(H,24,30)(H,25,29)(H,26,31). The minimum absolute atomic E-state index is 0.106. The van der Waals surface area contributed by atoms with Crippen molar-refractivity contribution >= 4 is 40.0 Å². The molecule has 0 saturated carbocycles. The Balaban J connectivity index is 1.68. The second kappa shape index (κ2) is 9.44. The van der Waals surface area contributed by atoms with Crippen LogP contribution in [-0.4, -0.2) is 47.8 Å². The zero-order valence-corrected chi connectivity index (χ0v) is 18.1. The van der Waals surface area contributed by atoms with Gasteiger partial charge in [0, 0.05) is 49.0 Å². The normalized spacial score (nSPS) is 11.9. The summed E-state index contributed by atoms with van der Waals surface area (Å²) in [6.07, 6.45) is 2.05. The van der Waals surface area contributed by atoms with Crippen LogP contribution in [0.1, 0.15) is 18.5 Å². The van der Waals surface area contributed by atoms with Gasteiger partial charge in [0.15, 0.2) is 0 Å². The van der Waals surface area contributed by atoms with Crippen LogP contribution in [0.5, 0.6) is 0 Å². The number of rotatable bonds is 6. The number of hydrogen-bond acceptors (Lipinski definition) is 4. The van der Waals surface area contributed by atoms with Crippen molar-refractivity contribution in [3.8, 4) is 0 Å². The molecule has 0 aliphatic rings. The lowest BCUT2D eigenvalue weighted by Gasteiger charge is -2.24. The number of carbonyl (C=O) groups is 3. The molecule has 0 radical (unpaired) electrons. The summed E-state index contributed by atoms with van der Waals surface area (Å²) in [4.78, 5) is 38.0. The highest BCUT2D eigenvalue weighted by Gasteiger charge is 2.22. The Morgan fingerprint density at radius 1 is 0.968 bits per heavy atom. The summed E-state index contributed by atoms with van der Waals surface area (Å²) in [5.41, 5.74) is 3.14. The summed E-state index contributed by atoms with van der Waals surface area (Å²) in [5.74, 6) is -1.71. The van der Waals surface area contributed by atoms with Crippen LogP contribution in [-0.2, 0) is 21.4 Å². The van der Waals surface area contributed by atoms with Crippen molar-refractivity contribution in [3.63, 3.8) is 0 Å². The van der Waals surface area contributed by atoms with Gasteiger partial charge < -0.3 is 25.4 Å². The van der Waals surface area contributed by atoms with E-state index in [0.29, 0.717) is 11.4 Å². The van der Waals surface area contributed by atoms with Gasteiger partial charge in [0.05, 0.1) is 6.04 Å². The van der Waals surface area contributed by atoms with Gasteiger partial charge in [-0.05, 0) is 43.9 Å². The molecule has 3 rings (SSSR count). The number of para-hydroxylation sites is 1. The highest BCUT2D eigenvalue weighted by atomic mass is 16.2. The number of aryl methyl sites for hydroxylation is 1. The van der Waals surface area contributed by atoms with Gasteiger partial charge in [-0.15, -0.1) is 0 Å². The van der Waals surface area contributed by atoms with E-state index >= 15 is 0 Å². The van der Waals surface area contributed by atoms with E-state index in [-0.39, 0.29) is 18.5 Å². The molecule has 0 aliphatic carbocycles. The van der Waals surface area contributed by atoms with E-state index in [1.165, 1.54) is 6.92 Å². The van der Waals surface area contributed by atoms with Crippen molar-refractivity contribution in [2.24, 2.45) is 7.05 Å². The van der Waals surface area contributed by atoms with Crippen LogP contribution in [0, 0.1) is 0 Å². The first-order valence-electron chi connectivity index (χ1n) is 9.93. The van der Waals surface area contributed by atoms with Crippen LogP contribution in [0.4, 0.5) is 11.4 Å². The van der Waals surface area contributed by atoms with E-state index in [4.69, 9.17) is 0 Å². The monoisotopic (exact) mass is 421 g/mol. The van der Waals surface area contributed by atoms with Gasteiger partial charge in [0.2, 0.25) is 5.91 Å². The average Bonchev–Trinajstić information content (AvgIpc) is 3.04. The largest absolute Gasteiger partial charge is 0.350 e. The third kappa shape index (κ3) is 5.29. The van der Waals surface area contributed by atoms with E-state index in [0.717, 1.165) is 16.5 Å². The molecule has 0 saturated heterocycles. The highest BCUT2D eigenvalue weighted by Crippen LogP contribution is 2.28. The van der Waals surface area contributed by atoms with Crippen molar-refractivity contribution in [1.82, 2.24) is 14.8 Å². The maximum Gasteiger partial charge on any atom is 0.313 e. The molecular formula is C23H27N5O3. The van der Waals surface area contributed by atoms with Gasteiger partial charge in [-0.1, -0.05) is 24.3 Å². The van der Waals surface area contributed by atoms with Gasteiger partial charge in [0.1, 0.15) is 0 Å². The molecule has 0 aliphatic heterocycles. The van der Waals surface area contributed by atoms with Gasteiger partial charge in [-0.25, -0.2) is 0 Å². The minimum atomic E-state index is -0.768. The second-order valence-electron chi connectivity index (χ2n) is 7.62. The van der Waals surface area contributed by atoms with Crippen LogP contribution >= 0.6 is 0 Å². The molecule has 2 aromatic carbocycles. The Bertz CT molecular complexity index is 1120. The summed E-state index contributed by atoms with van der Waals surface area (Å²) < 4.78 is 2.05. The first kappa shape index (κ1) is 22.0. The number of amides is 3. The fraction of sp³-hybridized carbons (Fsp3) is 0.261. The van der Waals surface area contributed by atoms with E-state index in [1.54, 1.807) is 24.3 Å². The predicted molar refractivity (Wildman–Crippen MR) is 122 cm³/mol. The number of anilines is 2. The fourth-order valence-corrected chi connectivity index (χ4v) is 3.54. The van der Waals surface area contributed by atoms with E-state index in [9.17, 15) is 14.4 Å². The molecule has 1 heterocycles. The lowest BCUT2D eigenvalue weighted by atomic mass is 10.0. The molecule has 3 aromatic rings. The van der Waals surface area contributed by atoms with Crippen LogP contribution in [0.3, 0.4) is 0 Å². The minimum Gasteiger partial charge on any atom is -0.350 e. The maximum absolute atomic E-state index is 12.4. The van der Waals surface area contributed by atoms with Gasteiger partial charge >= 0.3 is 11.8 Å². The van der Waals surface area contributed by atoms with Crippen molar-refractivity contribution in [2.75, 3.05) is 31.3 Å². The summed E-state index contributed by atoms with van der Waals surface area (Å²) in [5, 5.41) is 9.04. The predicted octanol–water partition coefficient (Wildman–Crippen LogP) is 2.49. The van der Waals surface area contributed by atoms with Gasteiger partial charge in [-0.3, -0.25) is 14.4 Å². The Morgan fingerprint density at radius 2 is 1.65 bits per heavy atom. The zero-order chi connectivity index (χ0) is 22.5. The van der Waals surface area contributed by atoms with Gasteiger partial charge in [0.25, 0.3) is 0 Å². The Kier molecular flexibility index (Phi) is 6.71. The smallest absolute Gasteiger partial charge is 0.313 e. The lowest BCUT2D eigenvalue weighted by Crippen LogP contribution is -2.40. The summed E-state index contributed by atoms with van der Waals surface area (Å²) in [6, 6.07) is 14.6. The van der Waals surface area contributed by atoms with Gasteiger partial charge in [-0.2, -0.15) is 0 Å². The zero-order valence-electron chi connectivity index (χ0n) is 18.1. The molecule has 1 unspecified atom stereocenters. The Labute approximate surface area is 181 Å². The van der Waals surface area contributed by atoms with Crippen molar-refractivity contribution in [3.05, 3.63) is 60.3 Å². The van der Waals surface area contributed by atoms with Crippen molar-refractivity contribution in [1.29, 1.82) is 0 Å². The van der Waals surface area contributed by atoms with Crippen molar-refractivity contribution < 1.29 is 14.4 Å². The molecule has 1 aromatic heterocycles. The number of carbonyl (C=O) groups excluding carboxylic acids is 3. The molecule has 0 fully saturated rings. The van der Waals surface area contributed by atoms with Crippen LogP contribution in [0.2, 0.25) is 0 Å². The van der Waals surface area contributed by atoms with Crippen LogP contribution in [0.25, 0.3) is 10.9 Å². The van der Waals surface area contributed by atoms with Crippen LogP contribution in [0.15, 0.2) is 54.7 Å². The number of fused-ring (bicyclic) bond motifs is 1. The molecule has 3 amide bonds. The molecule has 8 nitrogen and oxygen atoms in total. The number of nitrogens with zero attached hydrogens (tertiary/aromatic N) is 2. The number of nitrogens with one attached hydrogen (secondary N) is 3. The second-order valence-corrected chi connectivity index (χ2v) is 7.62. The first-order chi connectivity index (χ1) is 14.8. The highest BCUT2D eigenvalue weighted by molar-refractivity contribution is 6.39. The first-order valence-corrected chi connectivity index (χ1v) is 9.93. The third-order valence-electron chi connectivity index (χ3n) is 5.01. The summed E-state index contributed by atoms with van der Waals surface area (Å²) in [6.45, 7) is 1.68. The average molecular weight is 422 g/mol. The van der Waals surface area contributed by atoms with Crippen molar-refractivity contribution in [2.45, 2.75) is 13.0 Å². The molecule has 0 spiro atoms. The molecule has 162 valence electrons. The quantitative estimate of drug-likeness (QED) is 0.533. The van der Waals surface area contributed by atoms with E-state index in [1.807, 2.05) is 44.2 Å². The number of benzene rings is 2. The Morgan fingerprint density at radius 3 is 2.32 bits per heavy atom. The summed E-state index contributed by atoms with van der Waals surface area (Å²) >= 11 is 0. The number of hydrogen-bond donors (Lipinski definition) is 3. The number of likely N-dealkylation sites (N-methyl/N-ethyl adjacent to an activating group) is 1.